The van der Waals surface area contributed by atoms with Crippen LogP contribution in [0.1, 0.15) is 25.2 Å². The lowest BCUT2D eigenvalue weighted by Gasteiger charge is -2.15. The van der Waals surface area contributed by atoms with Gasteiger partial charge in [0.15, 0.2) is 0 Å². The number of hydrogen-bond donors (Lipinski definition) is 0. The van der Waals surface area contributed by atoms with E-state index in [0.717, 1.165) is 5.69 Å². The van der Waals surface area contributed by atoms with Crippen molar-refractivity contribution >= 4 is 0 Å². The van der Waals surface area contributed by atoms with Crippen molar-refractivity contribution in [3.8, 4) is 0 Å². The zero-order valence-corrected chi connectivity index (χ0v) is 7.40. The van der Waals surface area contributed by atoms with E-state index in [1.165, 1.54) is 0 Å². The van der Waals surface area contributed by atoms with E-state index in [9.17, 15) is 4.91 Å². The van der Waals surface area contributed by atoms with Crippen LogP contribution in [0.25, 0.3) is 0 Å². The first-order valence-electron chi connectivity index (χ1n) is 3.70. The summed E-state index contributed by atoms with van der Waals surface area (Å²) in [5.74, 6) is 0. The predicted molar refractivity (Wildman–Crippen MR) is 45.6 cm³/mol. The first kappa shape index (κ1) is 8.77. The van der Waals surface area contributed by atoms with E-state index in [-0.39, 0.29) is 0 Å². The third kappa shape index (κ3) is 1.47. The van der Waals surface area contributed by atoms with Crippen molar-refractivity contribution in [1.82, 2.24) is 9.97 Å². The van der Waals surface area contributed by atoms with Gasteiger partial charge in [0.1, 0.15) is 5.54 Å². The van der Waals surface area contributed by atoms with Gasteiger partial charge in [-0.2, -0.15) is 0 Å². The molecule has 0 bridgehead atoms. The van der Waals surface area contributed by atoms with Crippen LogP contribution in [0.5, 0.6) is 0 Å². The quantitative estimate of drug-likeness (QED) is 0.628. The topological polar surface area (TPSA) is 55.2 Å². The summed E-state index contributed by atoms with van der Waals surface area (Å²) in [5.41, 5.74) is 0.611. The standard InChI is InChI=1S/C8H11N3O/c1-6-7(8(2,3)11-12)10-5-4-9-6/h4-5H,1-3H3. The lowest BCUT2D eigenvalue weighted by atomic mass is 10.0. The normalized spacial score (nSPS) is 11.2. The van der Waals surface area contributed by atoms with Crippen molar-refractivity contribution in [3.63, 3.8) is 0 Å². The fourth-order valence-corrected chi connectivity index (χ4v) is 1.05. The minimum atomic E-state index is -0.779. The van der Waals surface area contributed by atoms with Crippen molar-refractivity contribution in [3.05, 3.63) is 28.7 Å². The van der Waals surface area contributed by atoms with E-state index in [4.69, 9.17) is 0 Å². The zero-order valence-electron chi connectivity index (χ0n) is 7.40. The molecule has 0 saturated carbocycles. The van der Waals surface area contributed by atoms with Gasteiger partial charge in [0.25, 0.3) is 0 Å². The average Bonchev–Trinajstić information content (AvgIpc) is 2.05. The van der Waals surface area contributed by atoms with Gasteiger partial charge in [-0.25, -0.2) is 0 Å². The second-order valence-corrected chi connectivity index (χ2v) is 3.14. The molecule has 0 saturated heterocycles. The highest BCUT2D eigenvalue weighted by atomic mass is 16.3. The molecular weight excluding hydrogens is 154 g/mol. The Balaban J connectivity index is 3.19. The van der Waals surface area contributed by atoms with Crippen LogP contribution >= 0.6 is 0 Å². The summed E-state index contributed by atoms with van der Waals surface area (Å²) in [4.78, 5) is 18.6. The van der Waals surface area contributed by atoms with Gasteiger partial charge >= 0.3 is 0 Å². The monoisotopic (exact) mass is 165 g/mol. The van der Waals surface area contributed by atoms with E-state index in [1.54, 1.807) is 26.2 Å². The summed E-state index contributed by atoms with van der Waals surface area (Å²) in [6.45, 7) is 5.25. The van der Waals surface area contributed by atoms with Gasteiger partial charge < -0.3 is 0 Å². The molecule has 4 nitrogen and oxygen atoms in total. The molecule has 0 atom stereocenters. The number of hydrogen-bond acceptors (Lipinski definition) is 4. The summed E-state index contributed by atoms with van der Waals surface area (Å²) >= 11 is 0. The summed E-state index contributed by atoms with van der Waals surface area (Å²) < 4.78 is 0. The van der Waals surface area contributed by atoms with Crippen LogP contribution in [0.3, 0.4) is 0 Å². The van der Waals surface area contributed by atoms with Crippen molar-refractivity contribution in [1.29, 1.82) is 0 Å². The molecule has 0 aromatic carbocycles. The highest BCUT2D eigenvalue weighted by Gasteiger charge is 2.25. The Morgan fingerprint density at radius 1 is 1.33 bits per heavy atom. The van der Waals surface area contributed by atoms with Crippen molar-refractivity contribution in [2.45, 2.75) is 26.3 Å². The number of rotatable bonds is 2. The van der Waals surface area contributed by atoms with Crippen LogP contribution < -0.4 is 0 Å². The number of nitroso groups, excluding NO2 is 1. The van der Waals surface area contributed by atoms with E-state index in [1.807, 2.05) is 6.92 Å². The Labute approximate surface area is 71.0 Å². The Kier molecular flexibility index (Phi) is 2.17. The van der Waals surface area contributed by atoms with Gasteiger partial charge in [0, 0.05) is 12.4 Å². The SMILES string of the molecule is Cc1nccnc1C(C)(C)N=O. The van der Waals surface area contributed by atoms with Crippen molar-refractivity contribution in [2.24, 2.45) is 5.18 Å². The molecule has 0 spiro atoms. The molecule has 64 valence electrons. The lowest BCUT2D eigenvalue weighted by Crippen LogP contribution is -2.17. The van der Waals surface area contributed by atoms with Crippen molar-refractivity contribution in [2.75, 3.05) is 0 Å². The summed E-state index contributed by atoms with van der Waals surface area (Å²) in [5, 5.41) is 3.00. The van der Waals surface area contributed by atoms with Gasteiger partial charge in [-0.05, 0) is 20.8 Å². The molecule has 1 rings (SSSR count). The van der Waals surface area contributed by atoms with Gasteiger partial charge in [-0.15, -0.1) is 4.91 Å². The highest BCUT2D eigenvalue weighted by Crippen LogP contribution is 2.23. The fraction of sp³-hybridized carbons (Fsp3) is 0.500. The molecule has 0 aliphatic carbocycles. The molecule has 0 amide bonds. The van der Waals surface area contributed by atoms with E-state index < -0.39 is 5.54 Å². The Bertz CT molecular complexity index is 296. The number of nitrogens with zero attached hydrogens (tertiary/aromatic N) is 3. The molecule has 1 aromatic heterocycles. The third-order valence-corrected chi connectivity index (χ3v) is 1.69. The lowest BCUT2D eigenvalue weighted by molar-refractivity contribution is 0.525. The molecule has 0 radical (unpaired) electrons. The van der Waals surface area contributed by atoms with Crippen LogP contribution in [0.2, 0.25) is 0 Å². The van der Waals surface area contributed by atoms with E-state index >= 15 is 0 Å². The molecule has 1 heterocycles. The number of aromatic nitrogens is 2. The average molecular weight is 165 g/mol. The van der Waals surface area contributed by atoms with Gasteiger partial charge in [-0.3, -0.25) is 9.97 Å². The molecular formula is C8H11N3O. The van der Waals surface area contributed by atoms with E-state index in [2.05, 4.69) is 15.1 Å². The maximum Gasteiger partial charge on any atom is 0.140 e. The minimum Gasteiger partial charge on any atom is -0.258 e. The van der Waals surface area contributed by atoms with Gasteiger partial charge in [-0.1, -0.05) is 5.18 Å². The van der Waals surface area contributed by atoms with Crippen LogP contribution in [0.4, 0.5) is 0 Å². The summed E-state index contributed by atoms with van der Waals surface area (Å²) in [6.07, 6.45) is 3.16. The summed E-state index contributed by atoms with van der Waals surface area (Å²) in [7, 11) is 0. The molecule has 12 heavy (non-hydrogen) atoms. The van der Waals surface area contributed by atoms with E-state index in [0.29, 0.717) is 5.69 Å². The second-order valence-electron chi connectivity index (χ2n) is 3.14. The second kappa shape index (κ2) is 2.97. The molecule has 1 aromatic rings. The Morgan fingerprint density at radius 3 is 2.42 bits per heavy atom. The summed E-state index contributed by atoms with van der Waals surface area (Å²) in [6, 6.07) is 0. The largest absolute Gasteiger partial charge is 0.258 e. The van der Waals surface area contributed by atoms with Gasteiger partial charge in [0.05, 0.1) is 11.4 Å². The predicted octanol–water partition coefficient (Wildman–Crippen LogP) is 1.79. The first-order valence-corrected chi connectivity index (χ1v) is 3.70. The maximum absolute atomic E-state index is 10.5. The highest BCUT2D eigenvalue weighted by molar-refractivity contribution is 5.17. The minimum absolute atomic E-state index is 0.639. The first-order chi connectivity index (χ1) is 5.58. The van der Waals surface area contributed by atoms with Crippen molar-refractivity contribution < 1.29 is 0 Å². The zero-order chi connectivity index (χ0) is 9.19. The molecule has 4 heteroatoms. The fourth-order valence-electron chi connectivity index (χ4n) is 1.05. The molecule has 0 aliphatic rings. The Morgan fingerprint density at radius 2 is 1.92 bits per heavy atom. The maximum atomic E-state index is 10.5. The van der Waals surface area contributed by atoms with Gasteiger partial charge in [0.2, 0.25) is 0 Å². The molecule has 0 N–H and O–H groups in total. The van der Waals surface area contributed by atoms with Crippen LogP contribution in [-0.4, -0.2) is 9.97 Å². The van der Waals surface area contributed by atoms with Crippen LogP contribution in [0, 0.1) is 11.8 Å². The third-order valence-electron chi connectivity index (χ3n) is 1.69. The number of aryl methyl sites for hydroxylation is 1. The molecule has 0 fully saturated rings. The Hall–Kier alpha value is -1.32. The smallest absolute Gasteiger partial charge is 0.140 e. The molecule has 0 unspecified atom stereocenters. The van der Waals surface area contributed by atoms with Crippen LogP contribution in [0.15, 0.2) is 17.6 Å². The van der Waals surface area contributed by atoms with Crippen LogP contribution in [-0.2, 0) is 5.54 Å². The molecule has 0 aliphatic heterocycles.